The summed E-state index contributed by atoms with van der Waals surface area (Å²) >= 11 is 1.59. The van der Waals surface area contributed by atoms with Gasteiger partial charge in [0.25, 0.3) is 5.91 Å². The van der Waals surface area contributed by atoms with E-state index in [9.17, 15) is 4.79 Å². The van der Waals surface area contributed by atoms with Gasteiger partial charge in [-0.25, -0.2) is 0 Å². The summed E-state index contributed by atoms with van der Waals surface area (Å²) in [6.07, 6.45) is 0. The Morgan fingerprint density at radius 2 is 1.63 bits per heavy atom. The van der Waals surface area contributed by atoms with Crippen molar-refractivity contribution in [3.63, 3.8) is 0 Å². The lowest BCUT2D eigenvalue weighted by molar-refractivity contribution is 0.0998. The van der Waals surface area contributed by atoms with Crippen LogP contribution in [-0.2, 0) is 6.54 Å². The normalized spacial score (nSPS) is 12.0. The first kappa shape index (κ1) is 19.4. The molecular weight excluding hydrogens is 354 g/mol. The van der Waals surface area contributed by atoms with Gasteiger partial charge < -0.3 is 9.47 Å². The third-order valence-electron chi connectivity index (χ3n) is 4.98. The Bertz CT molecular complexity index is 1020. The van der Waals surface area contributed by atoms with Crippen molar-refractivity contribution >= 4 is 33.1 Å². The van der Waals surface area contributed by atoms with Crippen molar-refractivity contribution in [3.05, 3.63) is 57.9 Å². The van der Waals surface area contributed by atoms with Gasteiger partial charge >= 0.3 is 0 Å². The average molecular weight is 382 g/mol. The molecule has 0 aliphatic rings. The van der Waals surface area contributed by atoms with E-state index in [0.717, 1.165) is 30.1 Å². The molecule has 0 saturated heterocycles. The van der Waals surface area contributed by atoms with Crippen molar-refractivity contribution in [2.24, 2.45) is 4.99 Å². The number of carbonyl (C=O) groups excluding carboxylic acids is 1. The van der Waals surface area contributed by atoms with E-state index in [1.54, 1.807) is 11.3 Å². The third kappa shape index (κ3) is 3.69. The van der Waals surface area contributed by atoms with Crippen LogP contribution in [0.2, 0.25) is 0 Å². The Morgan fingerprint density at radius 3 is 2.22 bits per heavy atom. The number of hydrogen-bond acceptors (Lipinski definition) is 3. The van der Waals surface area contributed by atoms with Crippen molar-refractivity contribution in [2.75, 3.05) is 18.0 Å². The maximum absolute atomic E-state index is 12.8. The van der Waals surface area contributed by atoms with Crippen LogP contribution in [0.5, 0.6) is 0 Å². The fraction of sp³-hybridized carbons (Fsp3) is 0.364. The minimum Gasteiger partial charge on any atom is -0.372 e. The largest absolute Gasteiger partial charge is 0.372 e. The summed E-state index contributed by atoms with van der Waals surface area (Å²) in [7, 11) is 0. The van der Waals surface area contributed by atoms with Crippen LogP contribution in [-0.4, -0.2) is 23.6 Å². The summed E-state index contributed by atoms with van der Waals surface area (Å²) < 4.78 is 3.35. The first-order chi connectivity index (χ1) is 13.0. The molecule has 1 amide bonds. The minimum absolute atomic E-state index is 0.190. The standard InChI is InChI=1S/C22H27N3OS/c1-6-24(7-2)18-13-11-17(12-14-18)21(26)23-22-25(8-3)19-15(4)9-10-16(5)20(19)27-22/h9-14H,6-8H2,1-5H3. The smallest absolute Gasteiger partial charge is 0.279 e. The Labute approximate surface area is 164 Å². The van der Waals surface area contributed by atoms with Crippen molar-refractivity contribution in [3.8, 4) is 0 Å². The maximum atomic E-state index is 12.8. The number of anilines is 1. The van der Waals surface area contributed by atoms with Gasteiger partial charge in [-0.15, -0.1) is 0 Å². The molecule has 3 aromatic rings. The van der Waals surface area contributed by atoms with Crippen LogP contribution in [0.25, 0.3) is 10.2 Å². The highest BCUT2D eigenvalue weighted by atomic mass is 32.1. The van der Waals surface area contributed by atoms with Gasteiger partial charge in [0.1, 0.15) is 0 Å². The second-order valence-electron chi connectivity index (χ2n) is 6.64. The summed E-state index contributed by atoms with van der Waals surface area (Å²) in [6.45, 7) is 13.3. The predicted molar refractivity (Wildman–Crippen MR) is 115 cm³/mol. The molecule has 0 aliphatic carbocycles. The van der Waals surface area contributed by atoms with Crippen molar-refractivity contribution in [2.45, 2.75) is 41.2 Å². The number of aryl methyl sites for hydroxylation is 3. The molecule has 27 heavy (non-hydrogen) atoms. The molecule has 142 valence electrons. The number of nitrogens with zero attached hydrogens (tertiary/aromatic N) is 3. The van der Waals surface area contributed by atoms with E-state index >= 15 is 0 Å². The van der Waals surface area contributed by atoms with Gasteiger partial charge in [0, 0.05) is 30.9 Å². The summed E-state index contributed by atoms with van der Waals surface area (Å²) in [6, 6.07) is 12.0. The third-order valence-corrected chi connectivity index (χ3v) is 6.19. The molecule has 0 spiro atoms. The molecule has 0 aliphatic heterocycles. The first-order valence-corrected chi connectivity index (χ1v) is 10.3. The summed E-state index contributed by atoms with van der Waals surface area (Å²) in [5.74, 6) is -0.190. The van der Waals surface area contributed by atoms with E-state index in [4.69, 9.17) is 0 Å². The molecule has 0 radical (unpaired) electrons. The maximum Gasteiger partial charge on any atom is 0.279 e. The Kier molecular flexibility index (Phi) is 5.80. The zero-order valence-electron chi connectivity index (χ0n) is 16.7. The van der Waals surface area contributed by atoms with Gasteiger partial charge in [0.05, 0.1) is 10.2 Å². The van der Waals surface area contributed by atoms with Crippen molar-refractivity contribution in [1.82, 2.24) is 4.57 Å². The molecule has 0 atom stereocenters. The van der Waals surface area contributed by atoms with Gasteiger partial charge in [0.2, 0.25) is 0 Å². The Morgan fingerprint density at radius 1 is 1.00 bits per heavy atom. The number of fused-ring (bicyclic) bond motifs is 1. The summed E-state index contributed by atoms with van der Waals surface area (Å²) in [5.41, 5.74) is 5.38. The average Bonchev–Trinajstić information content (AvgIpc) is 3.05. The lowest BCUT2D eigenvalue weighted by Gasteiger charge is -2.20. The molecule has 4 nitrogen and oxygen atoms in total. The topological polar surface area (TPSA) is 37.6 Å². The lowest BCUT2D eigenvalue weighted by atomic mass is 10.1. The molecule has 0 fully saturated rings. The van der Waals surface area contributed by atoms with Crippen molar-refractivity contribution < 1.29 is 4.79 Å². The fourth-order valence-corrected chi connectivity index (χ4v) is 4.65. The minimum atomic E-state index is -0.190. The van der Waals surface area contributed by atoms with Crippen LogP contribution in [0.4, 0.5) is 5.69 Å². The summed E-state index contributed by atoms with van der Waals surface area (Å²) in [5, 5.41) is 0. The number of thiazole rings is 1. The number of rotatable bonds is 5. The highest BCUT2D eigenvalue weighted by Gasteiger charge is 2.12. The van der Waals surface area contributed by atoms with E-state index in [1.807, 2.05) is 24.3 Å². The molecular formula is C22H27N3OS. The van der Waals surface area contributed by atoms with Crippen LogP contribution in [0.1, 0.15) is 42.3 Å². The lowest BCUT2D eigenvalue weighted by Crippen LogP contribution is -2.21. The number of benzene rings is 2. The number of amides is 1. The second kappa shape index (κ2) is 8.09. The van der Waals surface area contributed by atoms with Gasteiger partial charge in [-0.1, -0.05) is 23.5 Å². The molecule has 0 bridgehead atoms. The van der Waals surface area contributed by atoms with Crippen LogP contribution >= 0.6 is 11.3 Å². The zero-order chi connectivity index (χ0) is 19.6. The highest BCUT2D eigenvalue weighted by molar-refractivity contribution is 7.16. The van der Waals surface area contributed by atoms with Gasteiger partial charge in [0.15, 0.2) is 4.80 Å². The number of carbonyl (C=O) groups is 1. The Balaban J connectivity index is 2.03. The molecule has 0 N–H and O–H groups in total. The van der Waals surface area contributed by atoms with E-state index in [-0.39, 0.29) is 5.91 Å². The molecule has 1 heterocycles. The highest BCUT2D eigenvalue weighted by Crippen LogP contribution is 2.25. The zero-order valence-corrected chi connectivity index (χ0v) is 17.6. The SMILES string of the molecule is CCN(CC)c1ccc(C(=O)N=c2sc3c(C)ccc(C)c3n2CC)cc1. The van der Waals surface area contributed by atoms with Gasteiger partial charge in [-0.05, 0) is 70.0 Å². The first-order valence-electron chi connectivity index (χ1n) is 9.53. The quantitative estimate of drug-likeness (QED) is 0.629. The van der Waals surface area contributed by atoms with E-state index in [1.165, 1.54) is 21.3 Å². The molecule has 2 aromatic carbocycles. The van der Waals surface area contributed by atoms with Crippen molar-refractivity contribution in [1.29, 1.82) is 0 Å². The molecule has 0 saturated carbocycles. The number of hydrogen-bond donors (Lipinski definition) is 0. The second-order valence-corrected chi connectivity index (χ2v) is 7.62. The van der Waals surface area contributed by atoms with E-state index in [2.05, 4.69) is 61.2 Å². The van der Waals surface area contributed by atoms with Crippen LogP contribution < -0.4 is 9.70 Å². The van der Waals surface area contributed by atoms with Crippen LogP contribution in [0.15, 0.2) is 41.4 Å². The van der Waals surface area contributed by atoms with E-state index < -0.39 is 0 Å². The predicted octanol–water partition coefficient (Wildman–Crippen LogP) is 4.93. The van der Waals surface area contributed by atoms with E-state index in [0.29, 0.717) is 5.56 Å². The molecule has 5 heteroatoms. The van der Waals surface area contributed by atoms with Crippen LogP contribution in [0, 0.1) is 13.8 Å². The monoisotopic (exact) mass is 381 g/mol. The van der Waals surface area contributed by atoms with Gasteiger partial charge in [-0.2, -0.15) is 4.99 Å². The fourth-order valence-electron chi connectivity index (χ4n) is 3.41. The number of aromatic nitrogens is 1. The molecule has 0 unspecified atom stereocenters. The Hall–Kier alpha value is -2.40. The van der Waals surface area contributed by atoms with Crippen LogP contribution in [0.3, 0.4) is 0 Å². The molecule has 3 rings (SSSR count). The van der Waals surface area contributed by atoms with Gasteiger partial charge in [-0.3, -0.25) is 4.79 Å². The summed E-state index contributed by atoms with van der Waals surface area (Å²) in [4.78, 5) is 20.2. The molecule has 1 aromatic heterocycles.